The second kappa shape index (κ2) is 6.53. The Balaban J connectivity index is 1.40. The molecule has 0 saturated carbocycles. The summed E-state index contributed by atoms with van der Waals surface area (Å²) in [7, 11) is 0. The summed E-state index contributed by atoms with van der Waals surface area (Å²) >= 11 is 1.91. The molecule has 0 bridgehead atoms. The molecule has 1 aromatic carbocycles. The molecule has 0 atom stereocenters. The van der Waals surface area contributed by atoms with E-state index in [1.165, 1.54) is 16.7 Å². The lowest BCUT2D eigenvalue weighted by Gasteiger charge is -2.44. The molecule has 2 aromatic rings. The first-order valence-corrected chi connectivity index (χ1v) is 10.4. The van der Waals surface area contributed by atoms with Crippen molar-refractivity contribution in [2.75, 3.05) is 19.7 Å². The molecule has 1 fully saturated rings. The van der Waals surface area contributed by atoms with E-state index in [1.54, 1.807) is 4.88 Å². The maximum atomic E-state index is 6.32. The quantitative estimate of drug-likeness (QED) is 0.742. The Morgan fingerprint density at radius 2 is 1.80 bits per heavy atom. The molecule has 2 aliphatic rings. The summed E-state index contributed by atoms with van der Waals surface area (Å²) < 4.78 is 6.32. The summed E-state index contributed by atoms with van der Waals surface area (Å²) in [5.41, 5.74) is 4.55. The van der Waals surface area contributed by atoms with Crippen molar-refractivity contribution in [3.05, 3.63) is 57.3 Å². The third kappa shape index (κ3) is 3.42. The van der Waals surface area contributed by atoms with Crippen LogP contribution >= 0.6 is 11.3 Å². The van der Waals surface area contributed by atoms with E-state index in [2.05, 4.69) is 61.4 Å². The lowest BCUT2D eigenvalue weighted by atomic mass is 9.82. The largest absolute Gasteiger partial charge is 0.370 e. The molecule has 25 heavy (non-hydrogen) atoms. The number of nitrogens with zero attached hydrogens (tertiary/aromatic N) is 1. The monoisotopic (exact) mass is 355 g/mol. The minimum absolute atomic E-state index is 0.000174. The summed E-state index contributed by atoms with van der Waals surface area (Å²) in [6, 6.07) is 11.5. The van der Waals surface area contributed by atoms with Gasteiger partial charge in [0.1, 0.15) is 0 Å². The number of likely N-dealkylation sites (tertiary alicyclic amines) is 1. The topological polar surface area (TPSA) is 12.5 Å². The molecule has 134 valence electrons. The molecule has 0 N–H and O–H groups in total. The van der Waals surface area contributed by atoms with Gasteiger partial charge >= 0.3 is 0 Å². The average molecular weight is 356 g/mol. The molecule has 3 heteroatoms. The van der Waals surface area contributed by atoms with Crippen LogP contribution in [0.2, 0.25) is 0 Å². The summed E-state index contributed by atoms with van der Waals surface area (Å²) in [5.74, 6) is 0. The van der Waals surface area contributed by atoms with Crippen LogP contribution in [0.5, 0.6) is 0 Å². The van der Waals surface area contributed by atoms with Crippen molar-refractivity contribution >= 4 is 11.3 Å². The molecule has 0 radical (unpaired) electrons. The van der Waals surface area contributed by atoms with Crippen LogP contribution in [0.15, 0.2) is 35.7 Å². The Kier molecular flexibility index (Phi) is 4.51. The van der Waals surface area contributed by atoms with E-state index in [4.69, 9.17) is 4.74 Å². The van der Waals surface area contributed by atoms with Gasteiger partial charge in [-0.2, -0.15) is 0 Å². The van der Waals surface area contributed by atoms with Crippen molar-refractivity contribution in [3.8, 4) is 0 Å². The van der Waals surface area contributed by atoms with E-state index < -0.39 is 0 Å². The molecule has 0 amide bonds. The zero-order valence-electron chi connectivity index (χ0n) is 15.7. The standard InChI is InChI=1S/C22H29NOS/c1-21(2,3)18-6-4-17(5-7-18)16-23-12-10-22(11-13-23)19-9-15-25-20(19)8-14-24-22/h4-7,9,15H,8,10-14,16H2,1-3H3. The van der Waals surface area contributed by atoms with E-state index >= 15 is 0 Å². The van der Waals surface area contributed by atoms with Gasteiger partial charge in [0.05, 0.1) is 12.2 Å². The number of piperidine rings is 1. The van der Waals surface area contributed by atoms with Gasteiger partial charge in [0, 0.05) is 30.9 Å². The predicted octanol–water partition coefficient (Wildman–Crippen LogP) is 5.11. The van der Waals surface area contributed by atoms with Crippen molar-refractivity contribution in [1.82, 2.24) is 4.90 Å². The van der Waals surface area contributed by atoms with E-state index in [0.29, 0.717) is 0 Å². The number of thiophene rings is 1. The third-order valence-corrected chi connectivity index (χ3v) is 6.81. The molecule has 4 rings (SSSR count). The molecule has 0 aliphatic carbocycles. The SMILES string of the molecule is CC(C)(C)c1ccc(CN2CCC3(CC2)OCCc2sccc23)cc1. The van der Waals surface area contributed by atoms with Gasteiger partial charge in [0.15, 0.2) is 0 Å². The second-order valence-corrected chi connectivity index (χ2v) is 9.57. The lowest BCUT2D eigenvalue weighted by Crippen LogP contribution is -2.45. The molecule has 1 spiro atoms. The molecule has 0 unspecified atom stereocenters. The highest BCUT2D eigenvalue weighted by atomic mass is 32.1. The molecule has 2 aliphatic heterocycles. The first-order chi connectivity index (χ1) is 12.0. The van der Waals surface area contributed by atoms with Crippen LogP contribution in [-0.4, -0.2) is 24.6 Å². The highest BCUT2D eigenvalue weighted by Gasteiger charge is 2.41. The van der Waals surface area contributed by atoms with Gasteiger partial charge < -0.3 is 4.74 Å². The lowest BCUT2D eigenvalue weighted by molar-refractivity contribution is -0.0980. The first-order valence-electron chi connectivity index (χ1n) is 9.49. The average Bonchev–Trinajstić information content (AvgIpc) is 3.07. The highest BCUT2D eigenvalue weighted by molar-refractivity contribution is 7.10. The van der Waals surface area contributed by atoms with Crippen molar-refractivity contribution in [2.24, 2.45) is 0 Å². The Labute approximate surface area is 155 Å². The molecule has 2 nitrogen and oxygen atoms in total. The van der Waals surface area contributed by atoms with Crippen molar-refractivity contribution < 1.29 is 4.74 Å². The minimum Gasteiger partial charge on any atom is -0.370 e. The summed E-state index contributed by atoms with van der Waals surface area (Å²) in [5, 5.41) is 2.24. The van der Waals surface area contributed by atoms with Gasteiger partial charge in [-0.3, -0.25) is 4.90 Å². The zero-order valence-corrected chi connectivity index (χ0v) is 16.5. The van der Waals surface area contributed by atoms with Gasteiger partial charge in [0.25, 0.3) is 0 Å². The molecule has 1 aromatic heterocycles. The van der Waals surface area contributed by atoms with Crippen molar-refractivity contribution in [3.63, 3.8) is 0 Å². The first kappa shape index (κ1) is 17.3. The fourth-order valence-corrected chi connectivity index (χ4v) is 5.16. The minimum atomic E-state index is 0.000174. The van der Waals surface area contributed by atoms with Crippen LogP contribution in [0.25, 0.3) is 0 Å². The molecule has 3 heterocycles. The van der Waals surface area contributed by atoms with Gasteiger partial charge in [-0.25, -0.2) is 0 Å². The maximum absolute atomic E-state index is 6.32. The summed E-state index contributed by atoms with van der Waals surface area (Å²) in [6.45, 7) is 11.0. The molecular weight excluding hydrogens is 326 g/mol. The maximum Gasteiger partial charge on any atom is 0.0966 e. The highest BCUT2D eigenvalue weighted by Crippen LogP contribution is 2.43. The Bertz CT molecular complexity index is 717. The van der Waals surface area contributed by atoms with Crippen molar-refractivity contribution in [2.45, 2.75) is 57.6 Å². The van der Waals surface area contributed by atoms with Crippen LogP contribution in [0.3, 0.4) is 0 Å². The number of benzene rings is 1. The fraction of sp³-hybridized carbons (Fsp3) is 0.545. The predicted molar refractivity (Wildman–Crippen MR) is 105 cm³/mol. The van der Waals surface area contributed by atoms with E-state index in [0.717, 1.165) is 45.5 Å². The van der Waals surface area contributed by atoms with Gasteiger partial charge in [-0.05, 0) is 46.4 Å². The summed E-state index contributed by atoms with van der Waals surface area (Å²) in [4.78, 5) is 4.14. The second-order valence-electron chi connectivity index (χ2n) is 8.57. The zero-order chi connectivity index (χ0) is 17.5. The molecular formula is C22H29NOS. The number of rotatable bonds is 2. The number of ether oxygens (including phenoxy) is 1. The van der Waals surface area contributed by atoms with E-state index in [-0.39, 0.29) is 11.0 Å². The summed E-state index contributed by atoms with van der Waals surface area (Å²) in [6.07, 6.45) is 3.34. The van der Waals surface area contributed by atoms with Crippen LogP contribution in [0, 0.1) is 0 Å². The van der Waals surface area contributed by atoms with Crippen LogP contribution < -0.4 is 0 Å². The van der Waals surface area contributed by atoms with Crippen LogP contribution in [0.1, 0.15) is 55.2 Å². The van der Waals surface area contributed by atoms with Crippen LogP contribution in [-0.2, 0) is 28.7 Å². The fourth-order valence-electron chi connectivity index (χ4n) is 4.21. The number of hydrogen-bond acceptors (Lipinski definition) is 3. The van der Waals surface area contributed by atoms with Crippen LogP contribution in [0.4, 0.5) is 0 Å². The van der Waals surface area contributed by atoms with Gasteiger partial charge in [-0.15, -0.1) is 11.3 Å². The smallest absolute Gasteiger partial charge is 0.0966 e. The molecule has 1 saturated heterocycles. The van der Waals surface area contributed by atoms with E-state index in [9.17, 15) is 0 Å². The van der Waals surface area contributed by atoms with Gasteiger partial charge in [0.2, 0.25) is 0 Å². The Morgan fingerprint density at radius 1 is 1.08 bits per heavy atom. The third-order valence-electron chi connectivity index (χ3n) is 5.83. The van der Waals surface area contributed by atoms with Gasteiger partial charge in [-0.1, -0.05) is 45.0 Å². The Morgan fingerprint density at radius 3 is 2.48 bits per heavy atom. The Hall–Kier alpha value is -1.16. The van der Waals surface area contributed by atoms with Crippen molar-refractivity contribution in [1.29, 1.82) is 0 Å². The number of fused-ring (bicyclic) bond motifs is 2. The normalized spacial score (nSPS) is 20.6. The van der Waals surface area contributed by atoms with E-state index in [1.807, 2.05) is 11.3 Å². The number of hydrogen-bond donors (Lipinski definition) is 0.